The number of ether oxygens (including phenoxy) is 1. The summed E-state index contributed by atoms with van der Waals surface area (Å²) in [5.74, 6) is -0.0221. The Labute approximate surface area is 76.6 Å². The molecule has 13 heavy (non-hydrogen) atoms. The molecule has 0 saturated heterocycles. The predicted octanol–water partition coefficient (Wildman–Crippen LogP) is -0.843. The lowest BCUT2D eigenvalue weighted by Gasteiger charge is -2.09. The summed E-state index contributed by atoms with van der Waals surface area (Å²) in [6.07, 6.45) is 1.67. The first kappa shape index (κ1) is 10.1. The Kier molecular flexibility index (Phi) is 3.85. The van der Waals surface area contributed by atoms with Gasteiger partial charge in [0.05, 0.1) is 12.8 Å². The van der Waals surface area contributed by atoms with Crippen molar-refractivity contribution in [3.05, 3.63) is 0 Å². The molecule has 1 amide bonds. The molecule has 0 heterocycles. The summed E-state index contributed by atoms with van der Waals surface area (Å²) in [6.45, 7) is 0.112. The van der Waals surface area contributed by atoms with E-state index in [1.165, 1.54) is 0 Å². The van der Waals surface area contributed by atoms with Crippen LogP contribution in [0.1, 0.15) is 19.3 Å². The summed E-state index contributed by atoms with van der Waals surface area (Å²) in [7, 11) is 0. The molecular weight excluding hydrogens is 172 g/mol. The normalized spacial score (nSPS) is 21.9. The maximum Gasteiger partial charge on any atom is 0.246 e. The monoisotopic (exact) mass is 186 g/mol. The van der Waals surface area contributed by atoms with E-state index in [1.807, 2.05) is 0 Å². The van der Waals surface area contributed by atoms with Crippen LogP contribution in [0.15, 0.2) is 0 Å². The van der Waals surface area contributed by atoms with Gasteiger partial charge in [0, 0.05) is 12.8 Å². The van der Waals surface area contributed by atoms with Crippen LogP contribution in [0, 0.1) is 0 Å². The molecule has 0 bridgehead atoms. The number of amides is 1. The summed E-state index contributed by atoms with van der Waals surface area (Å²) in [5.41, 5.74) is 5.09. The van der Waals surface area contributed by atoms with E-state index in [-0.39, 0.29) is 31.1 Å². The van der Waals surface area contributed by atoms with Crippen LogP contribution >= 0.6 is 0 Å². The average molecular weight is 186 g/mol. The Morgan fingerprint density at radius 2 is 2.46 bits per heavy atom. The molecule has 1 rings (SSSR count). The van der Waals surface area contributed by atoms with Gasteiger partial charge in [-0.2, -0.15) is 0 Å². The van der Waals surface area contributed by atoms with Crippen molar-refractivity contribution < 1.29 is 14.3 Å². The van der Waals surface area contributed by atoms with E-state index in [1.54, 1.807) is 0 Å². The molecule has 1 aliphatic rings. The quantitative estimate of drug-likeness (QED) is 0.561. The first-order valence-electron chi connectivity index (χ1n) is 4.32. The molecule has 0 aromatic rings. The van der Waals surface area contributed by atoms with Crippen molar-refractivity contribution in [3.8, 4) is 0 Å². The van der Waals surface area contributed by atoms with Crippen LogP contribution in [0.4, 0.5) is 0 Å². The van der Waals surface area contributed by atoms with E-state index in [0.29, 0.717) is 12.8 Å². The van der Waals surface area contributed by atoms with Gasteiger partial charge in [-0.1, -0.05) is 0 Å². The van der Waals surface area contributed by atoms with E-state index in [2.05, 4.69) is 5.32 Å². The Hall–Kier alpha value is -0.940. The largest absolute Gasteiger partial charge is 0.368 e. The van der Waals surface area contributed by atoms with Gasteiger partial charge in [0.15, 0.2) is 0 Å². The minimum absolute atomic E-state index is 0.00481. The zero-order valence-electron chi connectivity index (χ0n) is 7.41. The van der Waals surface area contributed by atoms with E-state index in [9.17, 15) is 9.59 Å². The van der Waals surface area contributed by atoms with Crippen molar-refractivity contribution in [1.82, 2.24) is 5.32 Å². The van der Waals surface area contributed by atoms with Gasteiger partial charge < -0.3 is 15.8 Å². The van der Waals surface area contributed by atoms with Crippen LogP contribution in [-0.4, -0.2) is 31.1 Å². The van der Waals surface area contributed by atoms with Gasteiger partial charge in [-0.25, -0.2) is 0 Å². The number of nitrogens with two attached hydrogens (primary N) is 1. The van der Waals surface area contributed by atoms with Gasteiger partial charge >= 0.3 is 0 Å². The molecule has 5 nitrogen and oxygen atoms in total. The maximum atomic E-state index is 10.9. The second-order valence-electron chi connectivity index (χ2n) is 3.02. The van der Waals surface area contributed by atoms with Gasteiger partial charge in [0.1, 0.15) is 12.4 Å². The molecule has 1 fully saturated rings. The van der Waals surface area contributed by atoms with Crippen molar-refractivity contribution in [2.24, 2.45) is 5.73 Å². The second kappa shape index (κ2) is 4.94. The lowest BCUT2D eigenvalue weighted by molar-refractivity contribution is -0.128. The highest BCUT2D eigenvalue weighted by atomic mass is 16.5. The molecule has 1 aliphatic carbocycles. The van der Waals surface area contributed by atoms with Crippen molar-refractivity contribution >= 4 is 11.7 Å². The van der Waals surface area contributed by atoms with Gasteiger partial charge in [0.25, 0.3) is 0 Å². The molecule has 1 unspecified atom stereocenters. The molecule has 0 aromatic heterocycles. The fraction of sp³-hybridized carbons (Fsp3) is 0.750. The fourth-order valence-electron chi connectivity index (χ4n) is 1.28. The minimum Gasteiger partial charge on any atom is -0.368 e. The van der Waals surface area contributed by atoms with Crippen LogP contribution in [0.5, 0.6) is 0 Å². The van der Waals surface area contributed by atoms with E-state index in [4.69, 9.17) is 10.5 Å². The Morgan fingerprint density at radius 1 is 1.69 bits per heavy atom. The van der Waals surface area contributed by atoms with Gasteiger partial charge in [-0.15, -0.1) is 0 Å². The lowest BCUT2D eigenvalue weighted by Crippen LogP contribution is -2.33. The van der Waals surface area contributed by atoms with E-state index >= 15 is 0 Å². The first-order chi connectivity index (χ1) is 6.22. The highest BCUT2D eigenvalue weighted by Crippen LogP contribution is 2.17. The summed E-state index contributed by atoms with van der Waals surface area (Å²) in [5, 5.41) is 2.41. The summed E-state index contributed by atoms with van der Waals surface area (Å²) >= 11 is 0. The molecule has 0 aliphatic heterocycles. The van der Waals surface area contributed by atoms with Crippen LogP contribution in [0.2, 0.25) is 0 Å². The number of nitrogens with one attached hydrogen (secondary N) is 1. The molecule has 5 heteroatoms. The minimum atomic E-state index is -0.234. The standard InChI is InChI=1S/C8H14N2O3/c9-5-10-8(12)4-13-7-2-1-6(11)3-7/h7H,1-5,9H2,(H,10,12). The average Bonchev–Trinajstić information content (AvgIpc) is 2.49. The molecule has 1 atom stereocenters. The zero-order valence-corrected chi connectivity index (χ0v) is 7.41. The number of Topliss-reactive ketones (excluding diaryl/α,β-unsaturated/α-hetero) is 1. The number of rotatable bonds is 4. The Bertz CT molecular complexity index is 206. The Morgan fingerprint density at radius 3 is 3.00 bits per heavy atom. The van der Waals surface area contributed by atoms with E-state index < -0.39 is 0 Å². The topological polar surface area (TPSA) is 81.4 Å². The molecule has 3 N–H and O–H groups in total. The van der Waals surface area contributed by atoms with Crippen LogP contribution in [0.3, 0.4) is 0 Å². The van der Waals surface area contributed by atoms with Crippen molar-refractivity contribution in [2.75, 3.05) is 13.3 Å². The van der Waals surface area contributed by atoms with Gasteiger partial charge in [0.2, 0.25) is 5.91 Å². The van der Waals surface area contributed by atoms with Crippen molar-refractivity contribution in [1.29, 1.82) is 0 Å². The SMILES string of the molecule is NCNC(=O)COC1CCC(=O)C1. The molecule has 1 saturated carbocycles. The highest BCUT2D eigenvalue weighted by molar-refractivity contribution is 5.81. The molecular formula is C8H14N2O3. The lowest BCUT2D eigenvalue weighted by atomic mass is 10.3. The zero-order chi connectivity index (χ0) is 9.68. The van der Waals surface area contributed by atoms with Crippen molar-refractivity contribution in [3.63, 3.8) is 0 Å². The smallest absolute Gasteiger partial charge is 0.246 e. The van der Waals surface area contributed by atoms with Gasteiger partial charge in [-0.05, 0) is 6.42 Å². The molecule has 0 aromatic carbocycles. The summed E-state index contributed by atoms with van der Waals surface area (Å²) in [4.78, 5) is 21.7. The summed E-state index contributed by atoms with van der Waals surface area (Å²) < 4.78 is 5.20. The van der Waals surface area contributed by atoms with Crippen molar-refractivity contribution in [2.45, 2.75) is 25.4 Å². The predicted molar refractivity (Wildman–Crippen MR) is 45.8 cm³/mol. The summed E-state index contributed by atoms with van der Waals surface area (Å²) in [6, 6.07) is 0. The van der Waals surface area contributed by atoms with E-state index in [0.717, 1.165) is 6.42 Å². The molecule has 0 radical (unpaired) electrons. The van der Waals surface area contributed by atoms with Crippen LogP contribution < -0.4 is 11.1 Å². The first-order valence-corrected chi connectivity index (χ1v) is 4.32. The number of ketones is 1. The third kappa shape index (κ3) is 3.52. The number of hydrogen-bond acceptors (Lipinski definition) is 4. The molecule has 0 spiro atoms. The Balaban J connectivity index is 2.12. The highest BCUT2D eigenvalue weighted by Gasteiger charge is 2.22. The third-order valence-electron chi connectivity index (χ3n) is 1.95. The van der Waals surface area contributed by atoms with Gasteiger partial charge in [-0.3, -0.25) is 9.59 Å². The van der Waals surface area contributed by atoms with Crippen LogP contribution in [-0.2, 0) is 14.3 Å². The number of hydrogen-bond donors (Lipinski definition) is 2. The number of carbonyl (C=O) groups excluding carboxylic acids is 2. The second-order valence-corrected chi connectivity index (χ2v) is 3.02. The fourth-order valence-corrected chi connectivity index (χ4v) is 1.28. The molecule has 74 valence electrons. The number of carbonyl (C=O) groups is 2. The van der Waals surface area contributed by atoms with Crippen LogP contribution in [0.25, 0.3) is 0 Å². The third-order valence-corrected chi connectivity index (χ3v) is 1.95. The maximum absolute atomic E-state index is 10.9.